The fourth-order valence-electron chi connectivity index (χ4n) is 1.63. The second-order valence-corrected chi connectivity index (χ2v) is 5.82. The van der Waals surface area contributed by atoms with Gasteiger partial charge in [-0.1, -0.05) is 6.07 Å². The van der Waals surface area contributed by atoms with Crippen LogP contribution in [0, 0.1) is 13.8 Å². The van der Waals surface area contributed by atoms with E-state index in [4.69, 9.17) is 4.74 Å². The summed E-state index contributed by atoms with van der Waals surface area (Å²) in [6.45, 7) is 3.61. The number of imidazole rings is 1. The topological polar surface area (TPSA) is 61.2 Å². The number of hydrogen-bond donors (Lipinski definition) is 0. The van der Waals surface area contributed by atoms with Crippen LogP contribution in [0.15, 0.2) is 35.6 Å². The molecule has 0 radical (unpaired) electrons. The van der Waals surface area contributed by atoms with Crippen LogP contribution in [0.1, 0.15) is 11.3 Å². The molecule has 96 valence electrons. The van der Waals surface area contributed by atoms with E-state index < -0.39 is 10.0 Å². The van der Waals surface area contributed by atoms with Gasteiger partial charge in [-0.15, -0.1) is 0 Å². The van der Waals surface area contributed by atoms with E-state index in [2.05, 4.69) is 4.98 Å². The lowest BCUT2D eigenvalue weighted by molar-refractivity contribution is 0.402. The number of benzene rings is 1. The number of aromatic nitrogens is 2. The fourth-order valence-corrected chi connectivity index (χ4v) is 2.96. The second-order valence-electron chi connectivity index (χ2n) is 4.00. The van der Waals surface area contributed by atoms with E-state index >= 15 is 0 Å². The van der Waals surface area contributed by atoms with Gasteiger partial charge in [0.1, 0.15) is 17.0 Å². The summed E-state index contributed by atoms with van der Waals surface area (Å²) < 4.78 is 31.0. The summed E-state index contributed by atoms with van der Waals surface area (Å²) in [5.41, 5.74) is 1.58. The molecule has 0 amide bonds. The monoisotopic (exact) mass is 266 g/mol. The summed E-state index contributed by atoms with van der Waals surface area (Å²) in [5.74, 6) is 0.335. The smallest absolute Gasteiger partial charge is 0.272 e. The van der Waals surface area contributed by atoms with E-state index in [1.807, 2.05) is 6.92 Å². The Bertz CT molecular complexity index is 674. The summed E-state index contributed by atoms with van der Waals surface area (Å²) in [4.78, 5) is 4.06. The van der Waals surface area contributed by atoms with Crippen LogP contribution in [0.3, 0.4) is 0 Å². The lowest BCUT2D eigenvalue weighted by Crippen LogP contribution is -2.12. The van der Waals surface area contributed by atoms with Crippen molar-refractivity contribution in [2.75, 3.05) is 7.11 Å². The summed E-state index contributed by atoms with van der Waals surface area (Å²) in [6, 6.07) is 4.97. The van der Waals surface area contributed by atoms with Gasteiger partial charge < -0.3 is 4.74 Å². The van der Waals surface area contributed by atoms with Crippen molar-refractivity contribution < 1.29 is 13.2 Å². The molecule has 0 aliphatic rings. The Morgan fingerprint density at radius 1 is 1.28 bits per heavy atom. The number of aryl methyl sites for hydroxylation is 2. The van der Waals surface area contributed by atoms with Gasteiger partial charge in [-0.2, -0.15) is 0 Å². The molecule has 2 aromatic rings. The van der Waals surface area contributed by atoms with E-state index in [-0.39, 0.29) is 4.90 Å². The van der Waals surface area contributed by atoms with E-state index in [9.17, 15) is 8.42 Å². The Morgan fingerprint density at radius 2 is 2.00 bits per heavy atom. The fraction of sp³-hybridized carbons (Fsp3) is 0.250. The SMILES string of the molecule is COc1cc(C)ccc1S(=O)(=O)n1cnc(C)c1. The Labute approximate surface area is 106 Å². The second kappa shape index (κ2) is 4.45. The molecule has 2 rings (SSSR count). The van der Waals surface area contributed by atoms with Crippen LogP contribution in [-0.4, -0.2) is 24.5 Å². The first-order chi connectivity index (χ1) is 8.45. The quantitative estimate of drug-likeness (QED) is 0.849. The number of rotatable bonds is 3. The van der Waals surface area contributed by atoms with Crippen LogP contribution in [0.4, 0.5) is 0 Å². The Morgan fingerprint density at radius 3 is 2.56 bits per heavy atom. The van der Waals surface area contributed by atoms with Gasteiger partial charge in [-0.3, -0.25) is 0 Å². The first kappa shape index (κ1) is 12.6. The van der Waals surface area contributed by atoms with Crippen LogP contribution in [0.2, 0.25) is 0 Å². The molecule has 0 aliphatic carbocycles. The molecule has 0 saturated carbocycles. The highest BCUT2D eigenvalue weighted by Gasteiger charge is 2.21. The van der Waals surface area contributed by atoms with Gasteiger partial charge in [0.2, 0.25) is 0 Å². The highest BCUT2D eigenvalue weighted by atomic mass is 32.2. The summed E-state index contributed by atoms with van der Waals surface area (Å²) in [6.07, 6.45) is 2.75. The molecular formula is C12H14N2O3S. The van der Waals surface area contributed by atoms with E-state index in [0.717, 1.165) is 9.54 Å². The number of methoxy groups -OCH3 is 1. The maximum absolute atomic E-state index is 12.4. The maximum Gasteiger partial charge on any atom is 0.272 e. The lowest BCUT2D eigenvalue weighted by Gasteiger charge is -2.10. The minimum Gasteiger partial charge on any atom is -0.495 e. The molecule has 1 aromatic carbocycles. The van der Waals surface area contributed by atoms with Crippen LogP contribution in [0.5, 0.6) is 5.75 Å². The van der Waals surface area contributed by atoms with Crippen molar-refractivity contribution in [3.63, 3.8) is 0 Å². The predicted molar refractivity (Wildman–Crippen MR) is 67.3 cm³/mol. The first-order valence-corrected chi connectivity index (χ1v) is 6.80. The van der Waals surface area contributed by atoms with Crippen molar-refractivity contribution in [1.82, 2.24) is 8.96 Å². The molecule has 6 heteroatoms. The third-order valence-electron chi connectivity index (χ3n) is 2.56. The van der Waals surface area contributed by atoms with E-state index in [1.54, 1.807) is 25.1 Å². The standard InChI is InChI=1S/C12H14N2O3S/c1-9-4-5-12(11(6-9)17-3)18(15,16)14-7-10(2)13-8-14/h4-8H,1-3H3. The van der Waals surface area contributed by atoms with Crippen molar-refractivity contribution in [3.8, 4) is 5.75 Å². The lowest BCUT2D eigenvalue weighted by atomic mass is 10.2. The number of hydrogen-bond acceptors (Lipinski definition) is 4. The van der Waals surface area contributed by atoms with E-state index in [0.29, 0.717) is 11.4 Å². The Balaban J connectivity index is 2.61. The molecule has 0 aliphatic heterocycles. The molecule has 0 fully saturated rings. The third-order valence-corrected chi connectivity index (χ3v) is 4.21. The molecular weight excluding hydrogens is 252 g/mol. The summed E-state index contributed by atoms with van der Waals surface area (Å²) >= 11 is 0. The largest absolute Gasteiger partial charge is 0.495 e. The van der Waals surface area contributed by atoms with Crippen molar-refractivity contribution in [2.45, 2.75) is 18.7 Å². The van der Waals surface area contributed by atoms with Crippen LogP contribution in [0.25, 0.3) is 0 Å². The highest BCUT2D eigenvalue weighted by Crippen LogP contribution is 2.26. The zero-order chi connectivity index (χ0) is 13.3. The van der Waals surface area contributed by atoms with E-state index in [1.165, 1.54) is 19.6 Å². The Kier molecular flexibility index (Phi) is 3.13. The zero-order valence-electron chi connectivity index (χ0n) is 10.4. The maximum atomic E-state index is 12.4. The average Bonchev–Trinajstić information content (AvgIpc) is 2.76. The molecule has 0 unspecified atom stereocenters. The highest BCUT2D eigenvalue weighted by molar-refractivity contribution is 7.90. The van der Waals surface area contributed by atoms with Crippen molar-refractivity contribution in [1.29, 1.82) is 0 Å². The van der Waals surface area contributed by atoms with Crippen molar-refractivity contribution in [3.05, 3.63) is 42.0 Å². The Hall–Kier alpha value is -1.82. The molecule has 0 atom stereocenters. The van der Waals surface area contributed by atoms with Crippen LogP contribution < -0.4 is 4.74 Å². The number of ether oxygens (including phenoxy) is 1. The van der Waals surface area contributed by atoms with Gasteiger partial charge in [0.25, 0.3) is 10.0 Å². The predicted octanol–water partition coefficient (Wildman–Crippen LogP) is 1.75. The van der Waals surface area contributed by atoms with Gasteiger partial charge in [0, 0.05) is 6.20 Å². The van der Waals surface area contributed by atoms with Crippen LogP contribution in [-0.2, 0) is 10.0 Å². The first-order valence-electron chi connectivity index (χ1n) is 5.36. The van der Waals surface area contributed by atoms with Gasteiger partial charge in [0.05, 0.1) is 12.8 Å². The minimum atomic E-state index is -3.65. The minimum absolute atomic E-state index is 0.132. The molecule has 5 nitrogen and oxygen atoms in total. The van der Waals surface area contributed by atoms with Gasteiger partial charge in [0.15, 0.2) is 0 Å². The molecule has 0 N–H and O–H groups in total. The van der Waals surface area contributed by atoms with Gasteiger partial charge in [-0.25, -0.2) is 17.4 Å². The molecule has 1 heterocycles. The van der Waals surface area contributed by atoms with Gasteiger partial charge in [-0.05, 0) is 31.5 Å². The normalized spacial score (nSPS) is 11.5. The molecule has 18 heavy (non-hydrogen) atoms. The zero-order valence-corrected chi connectivity index (χ0v) is 11.2. The molecule has 0 spiro atoms. The average molecular weight is 266 g/mol. The van der Waals surface area contributed by atoms with Crippen molar-refractivity contribution >= 4 is 10.0 Å². The summed E-state index contributed by atoms with van der Waals surface area (Å²) in [5, 5.41) is 0. The third kappa shape index (κ3) is 2.11. The molecule has 0 bridgehead atoms. The van der Waals surface area contributed by atoms with Crippen molar-refractivity contribution in [2.24, 2.45) is 0 Å². The van der Waals surface area contributed by atoms with Gasteiger partial charge >= 0.3 is 0 Å². The molecule has 1 aromatic heterocycles. The van der Waals surface area contributed by atoms with Crippen LogP contribution >= 0.6 is 0 Å². The summed E-state index contributed by atoms with van der Waals surface area (Å²) in [7, 11) is -2.20. The number of nitrogens with zero attached hydrogens (tertiary/aromatic N) is 2. The molecule has 0 saturated heterocycles.